The normalized spacial score (nSPS) is 10.9. The number of nitrogens with zero attached hydrogens (tertiary/aromatic N) is 2. The van der Waals surface area contributed by atoms with Crippen LogP contribution >= 0.6 is 15.9 Å². The summed E-state index contributed by atoms with van der Waals surface area (Å²) in [6.45, 7) is 2.47. The number of aromatic nitrogens is 2. The number of rotatable bonds is 2. The fourth-order valence-electron chi connectivity index (χ4n) is 2.27. The maximum atomic E-state index is 12.6. The third kappa shape index (κ3) is 2.27. The van der Waals surface area contributed by atoms with Crippen molar-refractivity contribution < 1.29 is 0 Å². The van der Waals surface area contributed by atoms with Crippen molar-refractivity contribution in [2.45, 2.75) is 13.5 Å². The summed E-state index contributed by atoms with van der Waals surface area (Å²) in [6.07, 6.45) is 1.62. The van der Waals surface area contributed by atoms with E-state index in [4.69, 9.17) is 0 Å². The number of benzene rings is 2. The van der Waals surface area contributed by atoms with Crippen molar-refractivity contribution in [3.63, 3.8) is 0 Å². The molecule has 0 saturated carbocycles. The van der Waals surface area contributed by atoms with Crippen molar-refractivity contribution in [2.75, 3.05) is 0 Å². The van der Waals surface area contributed by atoms with Crippen LogP contribution in [0.15, 0.2) is 58.1 Å². The van der Waals surface area contributed by atoms with Crippen LogP contribution in [0.3, 0.4) is 0 Å². The lowest BCUT2D eigenvalue weighted by Gasteiger charge is -2.09. The zero-order valence-electron chi connectivity index (χ0n) is 11.0. The Balaban J connectivity index is 2.16. The lowest BCUT2D eigenvalue weighted by molar-refractivity contribution is 0.748. The molecule has 3 nitrogen and oxygen atoms in total. The van der Waals surface area contributed by atoms with Gasteiger partial charge in [-0.1, -0.05) is 46.3 Å². The highest BCUT2D eigenvalue weighted by Crippen LogP contribution is 2.21. The molecule has 2 aromatic carbocycles. The highest BCUT2D eigenvalue weighted by atomic mass is 79.9. The molecule has 100 valence electrons. The molecule has 4 heteroatoms. The molecule has 1 heterocycles. The number of aryl methyl sites for hydroxylation is 1. The summed E-state index contributed by atoms with van der Waals surface area (Å²) < 4.78 is 2.58. The van der Waals surface area contributed by atoms with Crippen molar-refractivity contribution >= 4 is 26.8 Å². The molecule has 1 aromatic heterocycles. The number of fused-ring (bicyclic) bond motifs is 1. The van der Waals surface area contributed by atoms with Crippen LogP contribution in [0, 0.1) is 6.92 Å². The molecule has 0 aliphatic carbocycles. The van der Waals surface area contributed by atoms with Gasteiger partial charge in [-0.3, -0.25) is 9.36 Å². The lowest BCUT2D eigenvalue weighted by Crippen LogP contribution is -2.21. The van der Waals surface area contributed by atoms with Gasteiger partial charge in [0.1, 0.15) is 0 Å². The van der Waals surface area contributed by atoms with E-state index in [2.05, 4.69) is 20.9 Å². The van der Waals surface area contributed by atoms with Gasteiger partial charge in [-0.2, -0.15) is 0 Å². The van der Waals surface area contributed by atoms with Crippen LogP contribution < -0.4 is 5.56 Å². The van der Waals surface area contributed by atoms with Crippen LogP contribution in [0.25, 0.3) is 10.9 Å². The van der Waals surface area contributed by atoms with Gasteiger partial charge in [0.15, 0.2) is 0 Å². The molecular weight excluding hydrogens is 316 g/mol. The van der Waals surface area contributed by atoms with E-state index >= 15 is 0 Å². The Bertz CT molecular complexity index is 825. The predicted molar refractivity (Wildman–Crippen MR) is 84.0 cm³/mol. The van der Waals surface area contributed by atoms with Crippen LogP contribution in [-0.2, 0) is 6.54 Å². The second-order valence-corrected chi connectivity index (χ2v) is 5.58. The minimum Gasteiger partial charge on any atom is -0.294 e. The molecule has 0 amide bonds. The molecule has 0 radical (unpaired) electrons. The summed E-state index contributed by atoms with van der Waals surface area (Å²) in [5.74, 6) is 0. The molecule has 3 aromatic rings. The molecule has 0 atom stereocenters. The summed E-state index contributed by atoms with van der Waals surface area (Å²) >= 11 is 3.47. The average molecular weight is 329 g/mol. The van der Waals surface area contributed by atoms with Crippen molar-refractivity contribution in [3.8, 4) is 0 Å². The quantitative estimate of drug-likeness (QED) is 0.721. The van der Waals surface area contributed by atoms with Crippen molar-refractivity contribution in [1.82, 2.24) is 9.55 Å². The monoisotopic (exact) mass is 328 g/mol. The van der Waals surface area contributed by atoms with Gasteiger partial charge < -0.3 is 0 Å². The zero-order chi connectivity index (χ0) is 14.1. The van der Waals surface area contributed by atoms with E-state index < -0.39 is 0 Å². The summed E-state index contributed by atoms with van der Waals surface area (Å²) in [6, 6.07) is 13.7. The van der Waals surface area contributed by atoms with E-state index in [0.717, 1.165) is 21.1 Å². The minimum absolute atomic E-state index is 0.00217. The van der Waals surface area contributed by atoms with Crippen LogP contribution in [0.5, 0.6) is 0 Å². The van der Waals surface area contributed by atoms with Crippen LogP contribution in [0.1, 0.15) is 11.1 Å². The van der Waals surface area contributed by atoms with E-state index in [-0.39, 0.29) is 5.56 Å². The van der Waals surface area contributed by atoms with E-state index in [1.54, 1.807) is 10.9 Å². The first-order valence-electron chi connectivity index (χ1n) is 6.35. The second kappa shape index (κ2) is 5.21. The molecule has 0 saturated heterocycles. The van der Waals surface area contributed by atoms with Crippen LogP contribution in [-0.4, -0.2) is 9.55 Å². The molecular formula is C16H13BrN2O. The summed E-state index contributed by atoms with van der Waals surface area (Å²) in [7, 11) is 0. The number of hydrogen-bond acceptors (Lipinski definition) is 2. The van der Waals surface area contributed by atoms with Gasteiger partial charge in [0.2, 0.25) is 0 Å². The van der Waals surface area contributed by atoms with Gasteiger partial charge >= 0.3 is 0 Å². The standard InChI is InChI=1S/C16H13BrN2O/c1-11-13(17)7-8-14-15(11)16(20)19(10-18-14)9-12-5-3-2-4-6-12/h2-8,10H,9H2,1H3. The minimum atomic E-state index is -0.00217. The average Bonchev–Trinajstić information content (AvgIpc) is 2.47. The third-order valence-electron chi connectivity index (χ3n) is 3.38. The molecule has 0 N–H and O–H groups in total. The predicted octanol–water partition coefficient (Wildman–Crippen LogP) is 3.52. The van der Waals surface area contributed by atoms with Gasteiger partial charge in [-0.25, -0.2) is 4.98 Å². The van der Waals surface area contributed by atoms with Crippen molar-refractivity contribution in [1.29, 1.82) is 0 Å². The molecule has 0 aliphatic rings. The van der Waals surface area contributed by atoms with Gasteiger partial charge in [0.25, 0.3) is 5.56 Å². The smallest absolute Gasteiger partial charge is 0.261 e. The van der Waals surface area contributed by atoms with Gasteiger partial charge in [0.05, 0.1) is 23.8 Å². The SMILES string of the molecule is Cc1c(Br)ccc2ncn(Cc3ccccc3)c(=O)c12. The fraction of sp³-hybridized carbons (Fsp3) is 0.125. The summed E-state index contributed by atoms with van der Waals surface area (Å²) in [4.78, 5) is 17.0. The molecule has 0 bridgehead atoms. The maximum absolute atomic E-state index is 12.6. The molecule has 0 unspecified atom stereocenters. The van der Waals surface area contributed by atoms with Gasteiger partial charge in [0, 0.05) is 4.47 Å². The molecule has 0 spiro atoms. The van der Waals surface area contributed by atoms with Crippen molar-refractivity contribution in [3.05, 3.63) is 74.7 Å². The maximum Gasteiger partial charge on any atom is 0.261 e. The first-order chi connectivity index (χ1) is 9.66. The first kappa shape index (κ1) is 13.1. The largest absolute Gasteiger partial charge is 0.294 e. The van der Waals surface area contributed by atoms with Crippen LogP contribution in [0.2, 0.25) is 0 Å². The first-order valence-corrected chi connectivity index (χ1v) is 7.14. The Hall–Kier alpha value is -1.94. The number of halogens is 1. The lowest BCUT2D eigenvalue weighted by atomic mass is 10.1. The van der Waals surface area contributed by atoms with Gasteiger partial charge in [-0.05, 0) is 30.2 Å². The Labute approximate surface area is 125 Å². The van der Waals surface area contributed by atoms with Gasteiger partial charge in [-0.15, -0.1) is 0 Å². The Morgan fingerprint density at radius 2 is 1.90 bits per heavy atom. The number of hydrogen-bond donors (Lipinski definition) is 0. The van der Waals surface area contributed by atoms with E-state index in [1.165, 1.54) is 0 Å². The second-order valence-electron chi connectivity index (χ2n) is 4.73. The fourth-order valence-corrected chi connectivity index (χ4v) is 2.60. The van der Waals surface area contributed by atoms with E-state index in [1.807, 2.05) is 49.4 Å². The van der Waals surface area contributed by atoms with E-state index in [0.29, 0.717) is 11.9 Å². The highest BCUT2D eigenvalue weighted by Gasteiger charge is 2.09. The Morgan fingerprint density at radius 3 is 2.65 bits per heavy atom. The summed E-state index contributed by atoms with van der Waals surface area (Å²) in [5.41, 5.74) is 2.75. The third-order valence-corrected chi connectivity index (χ3v) is 4.24. The molecule has 3 rings (SSSR count). The molecule has 20 heavy (non-hydrogen) atoms. The Morgan fingerprint density at radius 1 is 1.15 bits per heavy atom. The summed E-state index contributed by atoms with van der Waals surface area (Å²) in [5, 5.41) is 0.679. The topological polar surface area (TPSA) is 34.9 Å². The molecule has 0 aliphatic heterocycles. The van der Waals surface area contributed by atoms with E-state index in [9.17, 15) is 4.79 Å². The highest BCUT2D eigenvalue weighted by molar-refractivity contribution is 9.10. The van der Waals surface area contributed by atoms with Crippen LogP contribution in [0.4, 0.5) is 0 Å². The Kier molecular flexibility index (Phi) is 3.40. The van der Waals surface area contributed by atoms with Crippen molar-refractivity contribution in [2.24, 2.45) is 0 Å². The zero-order valence-corrected chi connectivity index (χ0v) is 12.6. The molecule has 0 fully saturated rings.